The highest BCUT2D eigenvalue weighted by Gasteiger charge is 2.40. The van der Waals surface area contributed by atoms with Crippen molar-refractivity contribution < 1.29 is 14.6 Å². The molecule has 0 saturated carbocycles. The topological polar surface area (TPSA) is 65.9 Å². The number of hydrogen-bond donors (Lipinski definition) is 1. The molecule has 2 bridgehead atoms. The van der Waals surface area contributed by atoms with Crippen molar-refractivity contribution in [3.63, 3.8) is 0 Å². The Morgan fingerprint density at radius 1 is 1.12 bits per heavy atom. The summed E-state index contributed by atoms with van der Waals surface area (Å²) in [6.45, 7) is 4.47. The second-order valence-electron chi connectivity index (χ2n) is 7.22. The number of pyridine rings is 1. The van der Waals surface area contributed by atoms with Gasteiger partial charge in [-0.15, -0.1) is 0 Å². The number of amides is 1. The van der Waals surface area contributed by atoms with Gasteiger partial charge in [0.1, 0.15) is 5.75 Å². The Labute approximate surface area is 142 Å². The first kappa shape index (κ1) is 15.8. The summed E-state index contributed by atoms with van der Waals surface area (Å²) in [5, 5.41) is 9.97. The minimum atomic E-state index is -0.128. The molecule has 0 spiro atoms. The summed E-state index contributed by atoms with van der Waals surface area (Å²) in [6, 6.07) is 3.98. The number of aromatic nitrogens is 1. The molecule has 4 fully saturated rings. The molecule has 5 rings (SSSR count). The van der Waals surface area contributed by atoms with Crippen LogP contribution < -0.4 is 0 Å². The normalized spacial score (nSPS) is 28.8. The summed E-state index contributed by atoms with van der Waals surface area (Å²) in [5.41, 5.74) is 0.183. The van der Waals surface area contributed by atoms with Gasteiger partial charge < -0.3 is 14.7 Å². The van der Waals surface area contributed by atoms with E-state index in [1.807, 2.05) is 4.90 Å². The molecule has 24 heavy (non-hydrogen) atoms. The third-order valence-electron chi connectivity index (χ3n) is 5.70. The van der Waals surface area contributed by atoms with Gasteiger partial charge in [0.25, 0.3) is 5.91 Å². The van der Waals surface area contributed by atoms with Gasteiger partial charge in [0, 0.05) is 51.1 Å². The van der Waals surface area contributed by atoms with Crippen LogP contribution in [0.4, 0.5) is 0 Å². The fourth-order valence-corrected chi connectivity index (χ4v) is 4.41. The van der Waals surface area contributed by atoms with Gasteiger partial charge in [0.15, 0.2) is 5.69 Å². The minimum absolute atomic E-state index is 0.0242. The molecular formula is C18H25N3O3. The number of carbonyl (C=O) groups is 1. The molecule has 4 aliphatic heterocycles. The van der Waals surface area contributed by atoms with Crippen molar-refractivity contribution in [2.75, 3.05) is 32.8 Å². The van der Waals surface area contributed by atoms with E-state index in [1.54, 1.807) is 12.3 Å². The fraction of sp³-hybridized carbons (Fsp3) is 0.667. The van der Waals surface area contributed by atoms with Crippen LogP contribution in [0.15, 0.2) is 18.3 Å². The molecule has 0 unspecified atom stereocenters. The van der Waals surface area contributed by atoms with E-state index in [2.05, 4.69) is 9.88 Å². The van der Waals surface area contributed by atoms with E-state index in [9.17, 15) is 9.90 Å². The highest BCUT2D eigenvalue weighted by Crippen LogP contribution is 2.32. The average molecular weight is 331 g/mol. The number of aromatic hydroxyl groups is 1. The van der Waals surface area contributed by atoms with Gasteiger partial charge in [0.2, 0.25) is 0 Å². The quantitative estimate of drug-likeness (QED) is 0.890. The summed E-state index contributed by atoms with van der Waals surface area (Å²) < 4.78 is 5.49. The first-order valence-corrected chi connectivity index (χ1v) is 8.99. The smallest absolute Gasteiger partial charge is 0.276 e. The third kappa shape index (κ3) is 3.00. The number of rotatable bonds is 2. The number of hydrogen-bond acceptors (Lipinski definition) is 5. The first-order chi connectivity index (χ1) is 11.7. The Hall–Kier alpha value is -1.66. The van der Waals surface area contributed by atoms with Gasteiger partial charge in [0.05, 0.1) is 0 Å². The van der Waals surface area contributed by atoms with E-state index in [-0.39, 0.29) is 23.4 Å². The lowest BCUT2D eigenvalue weighted by Crippen LogP contribution is -2.48. The summed E-state index contributed by atoms with van der Waals surface area (Å²) in [5.74, 6) is 0.363. The van der Waals surface area contributed by atoms with Crippen molar-refractivity contribution in [3.05, 3.63) is 24.0 Å². The molecule has 2 atom stereocenters. The summed E-state index contributed by atoms with van der Waals surface area (Å²) >= 11 is 0. The van der Waals surface area contributed by atoms with Gasteiger partial charge in [-0.3, -0.25) is 9.69 Å². The molecular weight excluding hydrogens is 306 g/mol. The van der Waals surface area contributed by atoms with Crippen LogP contribution in [0.25, 0.3) is 0 Å². The van der Waals surface area contributed by atoms with Crippen molar-refractivity contribution in [3.8, 4) is 5.75 Å². The van der Waals surface area contributed by atoms with Gasteiger partial charge in [-0.25, -0.2) is 4.98 Å². The highest BCUT2D eigenvalue weighted by molar-refractivity contribution is 5.95. The number of nitrogens with zero attached hydrogens (tertiary/aromatic N) is 3. The second-order valence-corrected chi connectivity index (χ2v) is 7.22. The Bertz CT molecular complexity index is 603. The van der Waals surface area contributed by atoms with Crippen LogP contribution in [0.2, 0.25) is 0 Å². The van der Waals surface area contributed by atoms with Crippen LogP contribution in [0.1, 0.15) is 36.2 Å². The lowest BCUT2D eigenvalue weighted by molar-refractivity contribution is 0.0303. The van der Waals surface area contributed by atoms with E-state index in [0.717, 1.165) is 52.1 Å². The molecule has 5 heterocycles. The Balaban J connectivity index is 1.52. The van der Waals surface area contributed by atoms with Crippen LogP contribution in [0.3, 0.4) is 0 Å². The largest absolute Gasteiger partial charge is 0.505 e. The van der Waals surface area contributed by atoms with Crippen molar-refractivity contribution in [1.29, 1.82) is 0 Å². The van der Waals surface area contributed by atoms with Crippen molar-refractivity contribution >= 4 is 5.91 Å². The number of piperidine rings is 1. The fourth-order valence-electron chi connectivity index (χ4n) is 4.41. The zero-order valence-electron chi connectivity index (χ0n) is 13.9. The van der Waals surface area contributed by atoms with Crippen LogP contribution in [-0.4, -0.2) is 70.7 Å². The third-order valence-corrected chi connectivity index (χ3v) is 5.70. The molecule has 6 nitrogen and oxygen atoms in total. The van der Waals surface area contributed by atoms with Crippen molar-refractivity contribution in [2.45, 2.75) is 37.8 Å². The lowest BCUT2D eigenvalue weighted by atomic mass is 9.94. The monoisotopic (exact) mass is 331 g/mol. The number of carbonyl (C=O) groups excluding carboxylic acids is 1. The predicted octanol–water partition coefficient (Wildman–Crippen LogP) is 1.50. The molecule has 1 N–H and O–H groups in total. The first-order valence-electron chi connectivity index (χ1n) is 8.99. The molecule has 1 aromatic heterocycles. The summed E-state index contributed by atoms with van der Waals surface area (Å²) in [6.07, 6.45) is 5.98. The zero-order valence-corrected chi connectivity index (χ0v) is 13.9. The van der Waals surface area contributed by atoms with Crippen molar-refractivity contribution in [1.82, 2.24) is 14.8 Å². The zero-order chi connectivity index (χ0) is 16.5. The minimum Gasteiger partial charge on any atom is -0.505 e. The Morgan fingerprint density at radius 3 is 2.75 bits per heavy atom. The lowest BCUT2D eigenvalue weighted by Gasteiger charge is -2.37. The van der Waals surface area contributed by atoms with E-state index >= 15 is 0 Å². The maximum atomic E-state index is 12.9. The predicted molar refractivity (Wildman–Crippen MR) is 88.9 cm³/mol. The Morgan fingerprint density at radius 2 is 1.96 bits per heavy atom. The molecule has 0 aromatic carbocycles. The van der Waals surface area contributed by atoms with Gasteiger partial charge in [-0.05, 0) is 43.7 Å². The molecule has 0 aliphatic carbocycles. The molecule has 1 amide bonds. The van der Waals surface area contributed by atoms with Gasteiger partial charge >= 0.3 is 0 Å². The van der Waals surface area contributed by atoms with E-state index in [1.165, 1.54) is 12.5 Å². The van der Waals surface area contributed by atoms with Crippen LogP contribution in [-0.2, 0) is 4.74 Å². The Kier molecular flexibility index (Phi) is 4.41. The van der Waals surface area contributed by atoms with E-state index in [0.29, 0.717) is 12.0 Å². The van der Waals surface area contributed by atoms with Crippen LogP contribution in [0.5, 0.6) is 5.75 Å². The molecule has 4 saturated heterocycles. The van der Waals surface area contributed by atoms with Crippen LogP contribution >= 0.6 is 0 Å². The SMILES string of the molecule is O=C(c1ncccc1O)N1C[C@@H]2CC[C@H]1CN(C1CCOCC1)C2. The average Bonchev–Trinajstić information content (AvgIpc) is 2.94. The summed E-state index contributed by atoms with van der Waals surface area (Å²) in [4.78, 5) is 21.5. The van der Waals surface area contributed by atoms with E-state index in [4.69, 9.17) is 4.74 Å². The number of fused-ring (bicyclic) bond motifs is 4. The van der Waals surface area contributed by atoms with Crippen molar-refractivity contribution in [2.24, 2.45) is 5.92 Å². The van der Waals surface area contributed by atoms with E-state index < -0.39 is 0 Å². The summed E-state index contributed by atoms with van der Waals surface area (Å²) in [7, 11) is 0. The second kappa shape index (κ2) is 6.69. The molecule has 130 valence electrons. The maximum Gasteiger partial charge on any atom is 0.276 e. The standard InChI is InChI=1S/C18H25N3O3/c22-16-2-1-7-19-17(16)18(23)21-11-13-3-4-15(21)12-20(10-13)14-5-8-24-9-6-14/h1-2,7,13-15,22H,3-6,8-12H2/t13-,15+/m1/s1. The maximum absolute atomic E-state index is 12.9. The van der Waals surface area contributed by atoms with Gasteiger partial charge in [-0.2, -0.15) is 0 Å². The molecule has 0 radical (unpaired) electrons. The van der Waals surface area contributed by atoms with Gasteiger partial charge in [-0.1, -0.05) is 0 Å². The van der Waals surface area contributed by atoms with Crippen LogP contribution in [0, 0.1) is 5.92 Å². The molecule has 6 heteroatoms. The molecule has 1 aromatic rings. The molecule has 4 aliphatic rings. The number of ether oxygens (including phenoxy) is 1. The highest BCUT2D eigenvalue weighted by atomic mass is 16.5.